The highest BCUT2D eigenvalue weighted by atomic mass is 19.1. The minimum Gasteiger partial charge on any atom is -0.374 e. The largest absolute Gasteiger partial charge is 0.374 e. The Balaban J connectivity index is 2.16. The lowest BCUT2D eigenvalue weighted by atomic mass is 10.1. The number of halogens is 1. The fraction of sp³-hybridized carbons (Fsp3) is 0.273. The smallest absolute Gasteiger partial charge is 0.242 e. The van der Waals surface area contributed by atoms with Crippen molar-refractivity contribution in [3.05, 3.63) is 29.6 Å². The Morgan fingerprint density at radius 3 is 3.00 bits per heavy atom. The summed E-state index contributed by atoms with van der Waals surface area (Å²) >= 11 is 0. The number of rotatable bonds is 2. The Morgan fingerprint density at radius 1 is 1.56 bits per heavy atom. The van der Waals surface area contributed by atoms with Crippen LogP contribution in [0.3, 0.4) is 0 Å². The monoisotopic (exact) mass is 219 g/mol. The quantitative estimate of drug-likeness (QED) is 0.779. The van der Waals surface area contributed by atoms with Gasteiger partial charge in [-0.1, -0.05) is 0 Å². The highest BCUT2D eigenvalue weighted by molar-refractivity contribution is 5.86. The maximum Gasteiger partial charge on any atom is 0.242 e. The molecule has 1 fully saturated rings. The fourth-order valence-electron chi connectivity index (χ4n) is 1.63. The second-order valence-corrected chi connectivity index (χ2v) is 3.58. The van der Waals surface area contributed by atoms with E-state index < -0.39 is 5.82 Å². The van der Waals surface area contributed by atoms with Gasteiger partial charge in [-0.2, -0.15) is 5.26 Å². The number of nitrogens with zero attached hydrogens (tertiary/aromatic N) is 1. The van der Waals surface area contributed by atoms with Crippen LogP contribution in [0.15, 0.2) is 18.2 Å². The van der Waals surface area contributed by atoms with Gasteiger partial charge in [0, 0.05) is 12.2 Å². The Labute approximate surface area is 92.1 Å². The van der Waals surface area contributed by atoms with Crippen LogP contribution in [0, 0.1) is 17.1 Å². The standard InChI is InChI=1S/C11H10FN3O/c12-9-2-1-8(5-7(9)6-13)15-10-3-4-14-11(10)16/h1-2,5,10,15H,3-4H2,(H,14,16). The van der Waals surface area contributed by atoms with Gasteiger partial charge in [0.15, 0.2) is 0 Å². The SMILES string of the molecule is N#Cc1cc(NC2CCNC2=O)ccc1F. The van der Waals surface area contributed by atoms with Crippen molar-refractivity contribution in [1.29, 1.82) is 5.26 Å². The first-order valence-corrected chi connectivity index (χ1v) is 4.94. The summed E-state index contributed by atoms with van der Waals surface area (Å²) in [6.07, 6.45) is 0.693. The van der Waals surface area contributed by atoms with Crippen molar-refractivity contribution >= 4 is 11.6 Å². The van der Waals surface area contributed by atoms with E-state index in [4.69, 9.17) is 5.26 Å². The molecule has 1 amide bonds. The van der Waals surface area contributed by atoms with Crippen LogP contribution in [0.25, 0.3) is 0 Å². The minimum atomic E-state index is -0.552. The number of amides is 1. The van der Waals surface area contributed by atoms with Crippen LogP contribution < -0.4 is 10.6 Å². The number of carbonyl (C=O) groups excluding carboxylic acids is 1. The molecule has 5 heteroatoms. The Kier molecular flexibility index (Phi) is 2.73. The molecule has 82 valence electrons. The van der Waals surface area contributed by atoms with Crippen molar-refractivity contribution in [1.82, 2.24) is 5.32 Å². The van der Waals surface area contributed by atoms with Crippen LogP contribution in [0.1, 0.15) is 12.0 Å². The first-order valence-electron chi connectivity index (χ1n) is 4.94. The zero-order chi connectivity index (χ0) is 11.5. The van der Waals surface area contributed by atoms with Gasteiger partial charge in [-0.3, -0.25) is 4.79 Å². The Hall–Kier alpha value is -2.09. The fourth-order valence-corrected chi connectivity index (χ4v) is 1.63. The number of carbonyl (C=O) groups is 1. The van der Waals surface area contributed by atoms with Crippen LogP contribution in [0.2, 0.25) is 0 Å². The van der Waals surface area contributed by atoms with Gasteiger partial charge >= 0.3 is 0 Å². The van der Waals surface area contributed by atoms with E-state index in [9.17, 15) is 9.18 Å². The molecule has 1 atom stereocenters. The maximum atomic E-state index is 13.0. The molecular weight excluding hydrogens is 209 g/mol. The van der Waals surface area contributed by atoms with Crippen molar-refractivity contribution in [3.63, 3.8) is 0 Å². The van der Waals surface area contributed by atoms with Crippen LogP contribution in [-0.2, 0) is 4.79 Å². The molecule has 0 spiro atoms. The molecule has 0 bridgehead atoms. The number of nitrogens with one attached hydrogen (secondary N) is 2. The third-order valence-electron chi connectivity index (χ3n) is 2.48. The molecule has 1 unspecified atom stereocenters. The van der Waals surface area contributed by atoms with E-state index in [-0.39, 0.29) is 17.5 Å². The van der Waals surface area contributed by atoms with Gasteiger partial charge in [-0.25, -0.2) is 4.39 Å². The highest BCUT2D eigenvalue weighted by Crippen LogP contribution is 2.16. The lowest BCUT2D eigenvalue weighted by Gasteiger charge is -2.11. The summed E-state index contributed by atoms with van der Waals surface area (Å²) in [6.45, 7) is 0.642. The first-order chi connectivity index (χ1) is 7.70. The van der Waals surface area contributed by atoms with E-state index in [1.165, 1.54) is 18.2 Å². The van der Waals surface area contributed by atoms with Crippen LogP contribution in [-0.4, -0.2) is 18.5 Å². The average molecular weight is 219 g/mol. The average Bonchev–Trinajstić information content (AvgIpc) is 2.67. The number of hydrogen-bond donors (Lipinski definition) is 2. The number of hydrogen-bond acceptors (Lipinski definition) is 3. The third-order valence-corrected chi connectivity index (χ3v) is 2.48. The van der Waals surface area contributed by atoms with Crippen LogP contribution in [0.4, 0.5) is 10.1 Å². The van der Waals surface area contributed by atoms with Gasteiger partial charge < -0.3 is 10.6 Å². The molecular formula is C11H10FN3O. The molecule has 16 heavy (non-hydrogen) atoms. The number of benzene rings is 1. The molecule has 0 saturated carbocycles. The molecule has 0 radical (unpaired) electrons. The van der Waals surface area contributed by atoms with Crippen LogP contribution >= 0.6 is 0 Å². The molecule has 1 saturated heterocycles. The maximum absolute atomic E-state index is 13.0. The van der Waals surface area contributed by atoms with Gasteiger partial charge in [0.1, 0.15) is 17.9 Å². The first kappa shape index (κ1) is 10.4. The second kappa shape index (κ2) is 4.19. The normalized spacial score (nSPS) is 19.0. The predicted octanol–water partition coefficient (Wildman–Crippen LogP) is 0.998. The highest BCUT2D eigenvalue weighted by Gasteiger charge is 2.23. The van der Waals surface area contributed by atoms with E-state index in [2.05, 4.69) is 10.6 Å². The lowest BCUT2D eigenvalue weighted by molar-refractivity contribution is -0.119. The number of anilines is 1. The van der Waals surface area contributed by atoms with E-state index in [1.807, 2.05) is 0 Å². The second-order valence-electron chi connectivity index (χ2n) is 3.58. The molecule has 1 aromatic rings. The minimum absolute atomic E-state index is 0.0246. The van der Waals surface area contributed by atoms with Gasteiger partial charge in [-0.05, 0) is 24.6 Å². The number of nitriles is 1. The molecule has 2 N–H and O–H groups in total. The lowest BCUT2D eigenvalue weighted by Crippen LogP contribution is -2.29. The predicted molar refractivity (Wildman–Crippen MR) is 56.2 cm³/mol. The molecule has 0 aromatic heterocycles. The van der Waals surface area contributed by atoms with E-state index in [0.717, 1.165) is 0 Å². The molecule has 1 aliphatic heterocycles. The van der Waals surface area contributed by atoms with Gasteiger partial charge in [0.05, 0.1) is 5.56 Å². The van der Waals surface area contributed by atoms with Crippen molar-refractivity contribution in [2.24, 2.45) is 0 Å². The molecule has 2 rings (SSSR count). The summed E-state index contributed by atoms with van der Waals surface area (Å²) < 4.78 is 13.0. The Morgan fingerprint density at radius 2 is 2.38 bits per heavy atom. The summed E-state index contributed by atoms with van der Waals surface area (Å²) in [7, 11) is 0. The zero-order valence-electron chi connectivity index (χ0n) is 8.46. The zero-order valence-corrected chi connectivity index (χ0v) is 8.46. The van der Waals surface area contributed by atoms with Gasteiger partial charge in [0.25, 0.3) is 0 Å². The molecule has 1 aromatic carbocycles. The van der Waals surface area contributed by atoms with E-state index in [0.29, 0.717) is 18.7 Å². The third kappa shape index (κ3) is 1.96. The van der Waals surface area contributed by atoms with Crippen LogP contribution in [0.5, 0.6) is 0 Å². The van der Waals surface area contributed by atoms with E-state index in [1.54, 1.807) is 6.07 Å². The molecule has 4 nitrogen and oxygen atoms in total. The summed E-state index contributed by atoms with van der Waals surface area (Å²) in [5, 5.41) is 14.3. The summed E-state index contributed by atoms with van der Waals surface area (Å²) in [5.74, 6) is -0.619. The summed E-state index contributed by atoms with van der Waals surface area (Å²) in [5.41, 5.74) is 0.559. The summed E-state index contributed by atoms with van der Waals surface area (Å²) in [6, 6.07) is 5.60. The summed E-state index contributed by atoms with van der Waals surface area (Å²) in [4.78, 5) is 11.3. The van der Waals surface area contributed by atoms with Crippen molar-refractivity contribution in [3.8, 4) is 6.07 Å². The molecule has 1 aliphatic rings. The molecule has 0 aliphatic carbocycles. The molecule has 1 heterocycles. The van der Waals surface area contributed by atoms with Gasteiger partial charge in [0.2, 0.25) is 5.91 Å². The Bertz CT molecular complexity index is 467. The van der Waals surface area contributed by atoms with Crippen molar-refractivity contribution < 1.29 is 9.18 Å². The van der Waals surface area contributed by atoms with Crippen molar-refractivity contribution in [2.45, 2.75) is 12.5 Å². The van der Waals surface area contributed by atoms with Crippen molar-refractivity contribution in [2.75, 3.05) is 11.9 Å². The van der Waals surface area contributed by atoms with E-state index >= 15 is 0 Å². The van der Waals surface area contributed by atoms with Gasteiger partial charge in [-0.15, -0.1) is 0 Å². The topological polar surface area (TPSA) is 64.9 Å².